The summed E-state index contributed by atoms with van der Waals surface area (Å²) >= 11 is 4.19. The van der Waals surface area contributed by atoms with Gasteiger partial charge in [0.25, 0.3) is 0 Å². The Morgan fingerprint density at radius 3 is 2.56 bits per heavy atom. The summed E-state index contributed by atoms with van der Waals surface area (Å²) in [5, 5.41) is 11.1. The molecular formula is C11H13NO3S. The van der Waals surface area contributed by atoms with Gasteiger partial charge in [0.15, 0.2) is 0 Å². The lowest BCUT2D eigenvalue weighted by Gasteiger charge is -2.06. The molecule has 0 aromatic heterocycles. The van der Waals surface area contributed by atoms with Crippen LogP contribution in [0.15, 0.2) is 29.2 Å². The minimum atomic E-state index is -0.887. The summed E-state index contributed by atoms with van der Waals surface area (Å²) in [4.78, 5) is 22.3. The van der Waals surface area contributed by atoms with E-state index in [1.54, 1.807) is 18.2 Å². The largest absolute Gasteiger partial charge is 0.481 e. The number of anilines is 1. The SMILES string of the molecule is O=C(O)CCCC(=O)Nc1ccccc1S. The van der Waals surface area contributed by atoms with E-state index in [4.69, 9.17) is 5.11 Å². The standard InChI is InChI=1S/C11H13NO3S/c13-10(6-3-7-11(14)15)12-8-4-1-2-5-9(8)16/h1-2,4-5,16H,3,6-7H2,(H,12,13)(H,14,15). The maximum absolute atomic E-state index is 11.4. The smallest absolute Gasteiger partial charge is 0.303 e. The lowest BCUT2D eigenvalue weighted by Crippen LogP contribution is -2.12. The van der Waals surface area contributed by atoms with Crippen LogP contribution in [0.25, 0.3) is 0 Å². The van der Waals surface area contributed by atoms with E-state index in [0.29, 0.717) is 17.0 Å². The number of benzene rings is 1. The number of thiol groups is 1. The van der Waals surface area contributed by atoms with Gasteiger partial charge in [0.2, 0.25) is 5.91 Å². The van der Waals surface area contributed by atoms with Gasteiger partial charge >= 0.3 is 5.97 Å². The van der Waals surface area contributed by atoms with Gasteiger partial charge in [-0.3, -0.25) is 9.59 Å². The van der Waals surface area contributed by atoms with Crippen LogP contribution >= 0.6 is 12.6 Å². The van der Waals surface area contributed by atoms with Gasteiger partial charge in [-0.05, 0) is 18.6 Å². The van der Waals surface area contributed by atoms with Crippen molar-refractivity contribution in [3.8, 4) is 0 Å². The summed E-state index contributed by atoms with van der Waals surface area (Å²) in [6.07, 6.45) is 0.556. The van der Waals surface area contributed by atoms with Crippen molar-refractivity contribution in [1.29, 1.82) is 0 Å². The number of hydrogen-bond acceptors (Lipinski definition) is 3. The third-order valence-corrected chi connectivity index (χ3v) is 2.36. The molecule has 86 valence electrons. The highest BCUT2D eigenvalue weighted by molar-refractivity contribution is 7.80. The Balaban J connectivity index is 2.40. The zero-order chi connectivity index (χ0) is 12.0. The Labute approximate surface area is 99.1 Å². The number of aliphatic carboxylic acids is 1. The fourth-order valence-electron chi connectivity index (χ4n) is 1.19. The monoisotopic (exact) mass is 239 g/mol. The number of carbonyl (C=O) groups excluding carboxylic acids is 1. The first-order chi connectivity index (χ1) is 7.59. The quantitative estimate of drug-likeness (QED) is 0.690. The van der Waals surface area contributed by atoms with E-state index >= 15 is 0 Å². The average Bonchev–Trinajstić information content (AvgIpc) is 2.21. The van der Waals surface area contributed by atoms with Crippen LogP contribution in [0.1, 0.15) is 19.3 Å². The molecule has 0 saturated carbocycles. The molecule has 0 aliphatic carbocycles. The van der Waals surface area contributed by atoms with E-state index in [0.717, 1.165) is 0 Å². The van der Waals surface area contributed by atoms with Crippen molar-refractivity contribution in [2.45, 2.75) is 24.2 Å². The molecule has 5 heteroatoms. The molecule has 0 aliphatic rings. The second-order valence-electron chi connectivity index (χ2n) is 3.31. The summed E-state index contributed by atoms with van der Waals surface area (Å²) in [6.45, 7) is 0. The van der Waals surface area contributed by atoms with Crippen molar-refractivity contribution in [2.75, 3.05) is 5.32 Å². The molecule has 0 fully saturated rings. The topological polar surface area (TPSA) is 66.4 Å². The van der Waals surface area contributed by atoms with E-state index in [-0.39, 0.29) is 18.7 Å². The highest BCUT2D eigenvalue weighted by Gasteiger charge is 2.05. The summed E-state index contributed by atoms with van der Waals surface area (Å²) in [5.41, 5.74) is 0.645. The third-order valence-electron chi connectivity index (χ3n) is 1.97. The zero-order valence-corrected chi connectivity index (χ0v) is 9.54. The lowest BCUT2D eigenvalue weighted by atomic mass is 10.2. The van der Waals surface area contributed by atoms with Gasteiger partial charge in [-0.15, -0.1) is 12.6 Å². The van der Waals surface area contributed by atoms with Crippen molar-refractivity contribution in [3.63, 3.8) is 0 Å². The molecule has 4 nitrogen and oxygen atoms in total. The van der Waals surface area contributed by atoms with Crippen LogP contribution < -0.4 is 5.32 Å². The zero-order valence-electron chi connectivity index (χ0n) is 8.64. The number of carbonyl (C=O) groups is 2. The third kappa shape index (κ3) is 4.35. The first kappa shape index (κ1) is 12.6. The Morgan fingerprint density at radius 1 is 1.25 bits per heavy atom. The molecule has 16 heavy (non-hydrogen) atoms. The van der Waals surface area contributed by atoms with Crippen molar-refractivity contribution in [3.05, 3.63) is 24.3 Å². The fourth-order valence-corrected chi connectivity index (χ4v) is 1.41. The number of carboxylic acids is 1. The molecule has 0 unspecified atom stereocenters. The Kier molecular flexibility index (Phi) is 4.85. The van der Waals surface area contributed by atoms with Crippen LogP contribution in [0, 0.1) is 0 Å². The molecule has 1 aromatic carbocycles. The predicted octanol–water partition coefficient (Wildman–Crippen LogP) is 2.17. The van der Waals surface area contributed by atoms with E-state index < -0.39 is 5.97 Å². The number of rotatable bonds is 5. The van der Waals surface area contributed by atoms with E-state index in [1.165, 1.54) is 0 Å². The van der Waals surface area contributed by atoms with Gasteiger partial charge in [-0.1, -0.05) is 12.1 Å². The molecule has 0 heterocycles. The molecule has 1 aromatic rings. The Bertz CT molecular complexity index is 393. The summed E-state index contributed by atoms with van der Waals surface area (Å²) in [7, 11) is 0. The summed E-state index contributed by atoms with van der Waals surface area (Å²) in [6, 6.07) is 7.14. The Hall–Kier alpha value is -1.49. The minimum absolute atomic E-state index is 0.00986. The van der Waals surface area contributed by atoms with Gasteiger partial charge < -0.3 is 10.4 Å². The number of carboxylic acid groups (broad SMARTS) is 1. The van der Waals surface area contributed by atoms with E-state index in [2.05, 4.69) is 17.9 Å². The molecule has 0 atom stereocenters. The maximum atomic E-state index is 11.4. The second kappa shape index (κ2) is 6.17. The van der Waals surface area contributed by atoms with Crippen LogP contribution in [-0.2, 0) is 9.59 Å². The van der Waals surface area contributed by atoms with Crippen molar-refractivity contribution in [2.24, 2.45) is 0 Å². The maximum Gasteiger partial charge on any atom is 0.303 e. The van der Waals surface area contributed by atoms with Gasteiger partial charge in [0.05, 0.1) is 5.69 Å². The second-order valence-corrected chi connectivity index (χ2v) is 3.79. The highest BCUT2D eigenvalue weighted by Crippen LogP contribution is 2.18. The van der Waals surface area contributed by atoms with Crippen LogP contribution in [-0.4, -0.2) is 17.0 Å². The molecule has 1 amide bonds. The van der Waals surface area contributed by atoms with E-state index in [9.17, 15) is 9.59 Å². The number of amides is 1. The first-order valence-electron chi connectivity index (χ1n) is 4.89. The number of nitrogens with one attached hydrogen (secondary N) is 1. The molecule has 0 spiro atoms. The van der Waals surface area contributed by atoms with Crippen molar-refractivity contribution < 1.29 is 14.7 Å². The van der Waals surface area contributed by atoms with Gasteiger partial charge in [-0.2, -0.15) is 0 Å². The van der Waals surface area contributed by atoms with E-state index in [1.807, 2.05) is 6.07 Å². The summed E-state index contributed by atoms with van der Waals surface area (Å²) in [5.74, 6) is -1.08. The van der Waals surface area contributed by atoms with Crippen LogP contribution in [0.5, 0.6) is 0 Å². The minimum Gasteiger partial charge on any atom is -0.481 e. The number of hydrogen-bond donors (Lipinski definition) is 3. The normalized spacial score (nSPS) is 9.81. The predicted molar refractivity (Wildman–Crippen MR) is 63.8 cm³/mol. The van der Waals surface area contributed by atoms with Gasteiger partial charge in [0.1, 0.15) is 0 Å². The van der Waals surface area contributed by atoms with Gasteiger partial charge in [0, 0.05) is 17.7 Å². The summed E-state index contributed by atoms with van der Waals surface area (Å²) < 4.78 is 0. The van der Waals surface area contributed by atoms with Crippen LogP contribution in [0.2, 0.25) is 0 Å². The van der Waals surface area contributed by atoms with Crippen molar-refractivity contribution >= 4 is 30.2 Å². The van der Waals surface area contributed by atoms with Crippen LogP contribution in [0.3, 0.4) is 0 Å². The fraction of sp³-hybridized carbons (Fsp3) is 0.273. The average molecular weight is 239 g/mol. The van der Waals surface area contributed by atoms with Crippen molar-refractivity contribution in [1.82, 2.24) is 0 Å². The number of para-hydroxylation sites is 1. The first-order valence-corrected chi connectivity index (χ1v) is 5.34. The molecule has 0 bridgehead atoms. The molecule has 0 saturated heterocycles. The van der Waals surface area contributed by atoms with Crippen LogP contribution in [0.4, 0.5) is 5.69 Å². The molecule has 2 N–H and O–H groups in total. The lowest BCUT2D eigenvalue weighted by molar-refractivity contribution is -0.137. The Morgan fingerprint density at radius 2 is 1.94 bits per heavy atom. The molecule has 0 aliphatic heterocycles. The highest BCUT2D eigenvalue weighted by atomic mass is 32.1. The van der Waals surface area contributed by atoms with Gasteiger partial charge in [-0.25, -0.2) is 0 Å². The molecule has 1 rings (SSSR count). The molecular weight excluding hydrogens is 226 g/mol. The molecule has 0 radical (unpaired) electrons.